The molecule has 0 bridgehead atoms. The standard InChI is InChI=1S/C11H21IOSi/c1-4-14(5-2,6-3)13-11-9-7-8-10(11)12/h8,11H,4-7,9H2,1-3H3/t11-/m1/s1. The fraction of sp³-hybridized carbons (Fsp3) is 0.818. The van der Waals surface area contributed by atoms with E-state index in [-0.39, 0.29) is 0 Å². The molecule has 1 atom stereocenters. The lowest BCUT2D eigenvalue weighted by Crippen LogP contribution is -2.39. The van der Waals surface area contributed by atoms with Gasteiger partial charge in [0.2, 0.25) is 0 Å². The lowest BCUT2D eigenvalue weighted by molar-refractivity contribution is 0.230. The third-order valence-electron chi connectivity index (χ3n) is 3.40. The van der Waals surface area contributed by atoms with Crippen LogP contribution in [-0.4, -0.2) is 14.4 Å². The van der Waals surface area contributed by atoms with Crippen LogP contribution in [0.4, 0.5) is 0 Å². The Hall–Kier alpha value is 0.647. The Bertz CT molecular complexity index is 203. The Labute approximate surface area is 103 Å². The van der Waals surface area contributed by atoms with Gasteiger partial charge in [-0.15, -0.1) is 0 Å². The van der Waals surface area contributed by atoms with Gasteiger partial charge >= 0.3 is 0 Å². The van der Waals surface area contributed by atoms with E-state index in [2.05, 4.69) is 49.4 Å². The third kappa shape index (κ3) is 2.82. The highest BCUT2D eigenvalue weighted by atomic mass is 127. The fourth-order valence-corrected chi connectivity index (χ4v) is 5.90. The maximum absolute atomic E-state index is 6.42. The predicted molar refractivity (Wildman–Crippen MR) is 73.4 cm³/mol. The van der Waals surface area contributed by atoms with Crippen LogP contribution in [0.25, 0.3) is 0 Å². The molecule has 0 radical (unpaired) electrons. The van der Waals surface area contributed by atoms with Crippen LogP contribution in [0.5, 0.6) is 0 Å². The zero-order valence-corrected chi connectivity index (χ0v) is 12.6. The minimum Gasteiger partial charge on any atom is -0.409 e. The molecule has 0 aromatic carbocycles. The van der Waals surface area contributed by atoms with E-state index in [1.165, 1.54) is 34.6 Å². The van der Waals surface area contributed by atoms with E-state index in [0.29, 0.717) is 6.10 Å². The summed E-state index contributed by atoms with van der Waals surface area (Å²) in [4.78, 5) is 0. The van der Waals surface area contributed by atoms with Gasteiger partial charge in [-0.1, -0.05) is 26.8 Å². The van der Waals surface area contributed by atoms with Crippen molar-refractivity contribution in [2.75, 3.05) is 0 Å². The summed E-state index contributed by atoms with van der Waals surface area (Å²) in [6.07, 6.45) is 5.20. The number of rotatable bonds is 5. The molecule has 0 aromatic rings. The maximum atomic E-state index is 6.42. The summed E-state index contributed by atoms with van der Waals surface area (Å²) >= 11 is 2.44. The van der Waals surface area contributed by atoms with E-state index in [1.807, 2.05) is 0 Å². The summed E-state index contributed by atoms with van der Waals surface area (Å²) in [5, 5.41) is 0. The van der Waals surface area contributed by atoms with E-state index in [1.54, 1.807) is 0 Å². The highest BCUT2D eigenvalue weighted by Crippen LogP contribution is 2.33. The lowest BCUT2D eigenvalue weighted by Gasteiger charge is -2.31. The lowest BCUT2D eigenvalue weighted by atomic mass is 10.3. The SMILES string of the molecule is CC[Si](CC)(CC)O[C@@H]1CCC=C1I. The van der Waals surface area contributed by atoms with Crippen molar-refractivity contribution in [3.63, 3.8) is 0 Å². The average molecular weight is 324 g/mol. The van der Waals surface area contributed by atoms with Gasteiger partial charge < -0.3 is 4.43 Å². The van der Waals surface area contributed by atoms with Crippen LogP contribution in [0.1, 0.15) is 33.6 Å². The molecule has 14 heavy (non-hydrogen) atoms. The van der Waals surface area contributed by atoms with Crippen molar-refractivity contribution in [2.24, 2.45) is 0 Å². The minimum absolute atomic E-state index is 0.446. The molecule has 0 unspecified atom stereocenters. The summed E-state index contributed by atoms with van der Waals surface area (Å²) in [5.74, 6) is 0. The van der Waals surface area contributed by atoms with Crippen LogP contribution in [0, 0.1) is 0 Å². The van der Waals surface area contributed by atoms with Gasteiger partial charge in [0.15, 0.2) is 8.32 Å². The first-order valence-corrected chi connectivity index (χ1v) is 9.31. The highest BCUT2D eigenvalue weighted by Gasteiger charge is 2.33. The molecule has 0 amide bonds. The largest absolute Gasteiger partial charge is 0.409 e. The van der Waals surface area contributed by atoms with Gasteiger partial charge in [-0.05, 0) is 53.6 Å². The predicted octanol–water partition coefficient (Wildman–Crippen LogP) is 4.49. The smallest absolute Gasteiger partial charge is 0.192 e. The second-order valence-corrected chi connectivity index (χ2v) is 9.99. The van der Waals surface area contributed by atoms with Crippen molar-refractivity contribution in [2.45, 2.75) is 57.8 Å². The zero-order valence-electron chi connectivity index (χ0n) is 9.48. The Balaban J connectivity index is 2.59. The van der Waals surface area contributed by atoms with Crippen molar-refractivity contribution >= 4 is 30.9 Å². The van der Waals surface area contributed by atoms with Gasteiger partial charge in [0, 0.05) is 3.58 Å². The molecule has 82 valence electrons. The average Bonchev–Trinajstić information content (AvgIpc) is 2.61. The first-order chi connectivity index (χ1) is 6.67. The fourth-order valence-electron chi connectivity index (χ4n) is 2.06. The van der Waals surface area contributed by atoms with E-state index < -0.39 is 8.32 Å². The second kappa shape index (κ2) is 5.65. The molecule has 0 aliphatic heterocycles. The van der Waals surface area contributed by atoms with E-state index in [9.17, 15) is 0 Å². The van der Waals surface area contributed by atoms with Gasteiger partial charge in [0.25, 0.3) is 0 Å². The highest BCUT2D eigenvalue weighted by molar-refractivity contribution is 14.1. The van der Waals surface area contributed by atoms with Crippen LogP contribution < -0.4 is 0 Å². The Morgan fingerprint density at radius 2 is 1.93 bits per heavy atom. The monoisotopic (exact) mass is 324 g/mol. The van der Waals surface area contributed by atoms with Gasteiger partial charge in [0.05, 0.1) is 6.10 Å². The molecule has 0 fully saturated rings. The summed E-state index contributed by atoms with van der Waals surface area (Å²) in [6, 6.07) is 3.79. The topological polar surface area (TPSA) is 9.23 Å². The van der Waals surface area contributed by atoms with E-state index in [4.69, 9.17) is 4.43 Å². The van der Waals surface area contributed by atoms with Gasteiger partial charge in [-0.2, -0.15) is 0 Å². The van der Waals surface area contributed by atoms with Crippen LogP contribution in [0.2, 0.25) is 18.1 Å². The summed E-state index contributed by atoms with van der Waals surface area (Å²) in [7, 11) is -1.37. The van der Waals surface area contributed by atoms with Crippen LogP contribution in [-0.2, 0) is 4.43 Å². The minimum atomic E-state index is -1.37. The molecule has 0 N–H and O–H groups in total. The number of hydrogen-bond acceptors (Lipinski definition) is 1. The Morgan fingerprint density at radius 3 is 2.29 bits per heavy atom. The third-order valence-corrected chi connectivity index (χ3v) is 9.19. The van der Waals surface area contributed by atoms with Crippen molar-refractivity contribution in [3.05, 3.63) is 9.66 Å². The molecule has 3 heteroatoms. The Morgan fingerprint density at radius 1 is 1.36 bits per heavy atom. The van der Waals surface area contributed by atoms with Crippen molar-refractivity contribution in [1.82, 2.24) is 0 Å². The van der Waals surface area contributed by atoms with Crippen LogP contribution in [0.15, 0.2) is 9.66 Å². The number of halogens is 1. The van der Waals surface area contributed by atoms with E-state index in [0.717, 1.165) is 0 Å². The van der Waals surface area contributed by atoms with Crippen LogP contribution in [0.3, 0.4) is 0 Å². The summed E-state index contributed by atoms with van der Waals surface area (Å²) < 4.78 is 7.86. The maximum Gasteiger partial charge on any atom is 0.192 e. The molecule has 1 rings (SSSR count). The quantitative estimate of drug-likeness (QED) is 0.535. The van der Waals surface area contributed by atoms with Crippen LogP contribution >= 0.6 is 22.6 Å². The van der Waals surface area contributed by atoms with Crippen molar-refractivity contribution in [1.29, 1.82) is 0 Å². The van der Waals surface area contributed by atoms with Gasteiger partial charge in [-0.3, -0.25) is 0 Å². The Kier molecular flexibility index (Phi) is 5.14. The molecule has 0 heterocycles. The molecule has 1 aliphatic rings. The normalized spacial score (nSPS) is 22.6. The first kappa shape index (κ1) is 12.7. The number of hydrogen-bond donors (Lipinski definition) is 0. The van der Waals surface area contributed by atoms with Gasteiger partial charge in [-0.25, -0.2) is 0 Å². The van der Waals surface area contributed by atoms with Crippen molar-refractivity contribution in [3.8, 4) is 0 Å². The molecule has 0 aromatic heterocycles. The molecular weight excluding hydrogens is 303 g/mol. The molecule has 0 spiro atoms. The molecule has 1 aliphatic carbocycles. The number of allylic oxidation sites excluding steroid dienone is 1. The molecular formula is C11H21IOSi. The molecule has 1 nitrogen and oxygen atoms in total. The summed E-state index contributed by atoms with van der Waals surface area (Å²) in [6.45, 7) is 6.89. The van der Waals surface area contributed by atoms with Crippen molar-refractivity contribution < 1.29 is 4.43 Å². The first-order valence-electron chi connectivity index (χ1n) is 5.70. The molecule has 0 saturated carbocycles. The second-order valence-electron chi connectivity index (χ2n) is 4.02. The van der Waals surface area contributed by atoms with E-state index >= 15 is 0 Å². The van der Waals surface area contributed by atoms with Gasteiger partial charge in [0.1, 0.15) is 0 Å². The molecule has 0 saturated heterocycles. The summed E-state index contributed by atoms with van der Waals surface area (Å²) in [5.41, 5.74) is 0. The zero-order chi connectivity index (χ0) is 10.6.